The molecule has 0 fully saturated rings. The number of rotatable bonds is 4. The van der Waals surface area contributed by atoms with Crippen LogP contribution in [0.25, 0.3) is 0 Å². The zero-order valence-corrected chi connectivity index (χ0v) is 17.0. The molecule has 0 radical (unpaired) electrons. The second-order valence-corrected chi connectivity index (χ2v) is 7.29. The first-order valence-electron chi connectivity index (χ1n) is 9.83. The fraction of sp³-hybridized carbons (Fsp3) is 0.250. The molecule has 0 bridgehead atoms. The van der Waals surface area contributed by atoms with Crippen LogP contribution in [0.4, 0.5) is 5.69 Å². The highest BCUT2D eigenvalue weighted by Crippen LogP contribution is 2.46. The maximum absolute atomic E-state index is 13.1. The molecular weight excluding hydrogens is 378 g/mol. The van der Waals surface area contributed by atoms with Crippen molar-refractivity contribution < 1.29 is 14.3 Å². The maximum Gasteiger partial charge on any atom is 0.161 e. The average Bonchev–Trinajstić information content (AvgIpc) is 2.79. The molecule has 2 aromatic carbocycles. The second kappa shape index (κ2) is 7.96. The van der Waals surface area contributed by atoms with Gasteiger partial charge in [-0.15, -0.1) is 0 Å². The van der Waals surface area contributed by atoms with Crippen molar-refractivity contribution in [2.75, 3.05) is 19.1 Å². The first kappa shape index (κ1) is 19.6. The molecule has 6 nitrogen and oxygen atoms in total. The zero-order valence-electron chi connectivity index (χ0n) is 17.0. The lowest BCUT2D eigenvalue weighted by Crippen LogP contribution is -2.38. The molecular formula is C24H23N3O3. The van der Waals surface area contributed by atoms with Crippen molar-refractivity contribution in [3.05, 3.63) is 76.8 Å². The number of nitrogens with two attached hydrogens (primary N) is 1. The summed E-state index contributed by atoms with van der Waals surface area (Å²) in [5.41, 5.74) is 10.1. The molecule has 0 aromatic heterocycles. The number of hydrogen-bond donors (Lipinski definition) is 1. The highest BCUT2D eigenvalue weighted by Gasteiger charge is 2.40. The molecule has 1 aliphatic carbocycles. The van der Waals surface area contributed by atoms with Crippen LogP contribution in [0.15, 0.2) is 71.2 Å². The van der Waals surface area contributed by atoms with Crippen LogP contribution in [0.3, 0.4) is 0 Å². The van der Waals surface area contributed by atoms with E-state index in [9.17, 15) is 10.1 Å². The molecule has 1 atom stereocenters. The van der Waals surface area contributed by atoms with Crippen LogP contribution < -0.4 is 20.1 Å². The van der Waals surface area contributed by atoms with Gasteiger partial charge in [-0.05, 0) is 54.8 Å². The Morgan fingerprint density at radius 1 is 1.00 bits per heavy atom. The maximum atomic E-state index is 13.1. The van der Waals surface area contributed by atoms with Gasteiger partial charge in [0.1, 0.15) is 17.3 Å². The number of hydrogen-bond acceptors (Lipinski definition) is 6. The summed E-state index contributed by atoms with van der Waals surface area (Å²) in [6.45, 7) is 0. The quantitative estimate of drug-likeness (QED) is 0.833. The van der Waals surface area contributed by atoms with Gasteiger partial charge < -0.3 is 15.2 Å². The summed E-state index contributed by atoms with van der Waals surface area (Å²) in [6.07, 6.45) is 1.95. The Bertz CT molecular complexity index is 1080. The van der Waals surface area contributed by atoms with E-state index in [0.717, 1.165) is 35.5 Å². The molecule has 30 heavy (non-hydrogen) atoms. The molecule has 1 unspecified atom stereocenters. The summed E-state index contributed by atoms with van der Waals surface area (Å²) in [5, 5.41) is 10.0. The third kappa shape index (κ3) is 3.18. The number of carbonyl (C=O) groups excluding carboxylic acids is 1. The predicted octanol–water partition coefficient (Wildman–Crippen LogP) is 4.01. The third-order valence-corrected chi connectivity index (χ3v) is 5.69. The number of anilines is 1. The molecule has 0 amide bonds. The highest BCUT2D eigenvalue weighted by molar-refractivity contribution is 6.01. The molecule has 1 aliphatic heterocycles. The van der Waals surface area contributed by atoms with Gasteiger partial charge in [0, 0.05) is 23.4 Å². The molecule has 0 saturated heterocycles. The SMILES string of the molecule is COc1ccc(C2C(C#N)=C(N)N(c3ccc(OC)cc3)C3=C2C(=O)CCC3)cc1. The number of ether oxygens (including phenoxy) is 2. The number of ketones is 1. The Morgan fingerprint density at radius 2 is 1.60 bits per heavy atom. The standard InChI is InChI=1S/C24H23N3O3/c1-29-17-10-6-15(7-11-17)22-19(14-25)24(26)27(16-8-12-18(30-2)13-9-16)20-4-3-5-21(28)23(20)22/h6-13,22H,3-5,26H2,1-2H3. The largest absolute Gasteiger partial charge is 0.497 e. The lowest BCUT2D eigenvalue weighted by atomic mass is 9.75. The fourth-order valence-electron chi connectivity index (χ4n) is 4.24. The van der Waals surface area contributed by atoms with Crippen molar-refractivity contribution in [1.82, 2.24) is 0 Å². The van der Waals surface area contributed by atoms with Crippen LogP contribution in [0.5, 0.6) is 11.5 Å². The van der Waals surface area contributed by atoms with E-state index in [0.29, 0.717) is 29.1 Å². The number of carbonyl (C=O) groups is 1. The van der Waals surface area contributed by atoms with E-state index >= 15 is 0 Å². The van der Waals surface area contributed by atoms with Gasteiger partial charge in [-0.1, -0.05) is 12.1 Å². The van der Waals surface area contributed by atoms with Crippen molar-refractivity contribution >= 4 is 11.5 Å². The topological polar surface area (TPSA) is 88.6 Å². The number of methoxy groups -OCH3 is 2. The van der Waals surface area contributed by atoms with Gasteiger partial charge in [0.25, 0.3) is 0 Å². The fourth-order valence-corrected chi connectivity index (χ4v) is 4.24. The van der Waals surface area contributed by atoms with Gasteiger partial charge in [-0.2, -0.15) is 5.26 Å². The summed E-state index contributed by atoms with van der Waals surface area (Å²) in [6, 6.07) is 17.2. The van der Waals surface area contributed by atoms with Crippen molar-refractivity contribution in [3.63, 3.8) is 0 Å². The van der Waals surface area contributed by atoms with Crippen LogP contribution in [-0.2, 0) is 4.79 Å². The highest BCUT2D eigenvalue weighted by atomic mass is 16.5. The molecule has 4 rings (SSSR count). The van der Waals surface area contributed by atoms with E-state index in [4.69, 9.17) is 15.2 Å². The van der Waals surface area contributed by atoms with Crippen LogP contribution in [-0.4, -0.2) is 20.0 Å². The Labute approximate surface area is 175 Å². The van der Waals surface area contributed by atoms with Gasteiger partial charge in [-0.25, -0.2) is 0 Å². The van der Waals surface area contributed by atoms with Gasteiger partial charge in [-0.3, -0.25) is 9.69 Å². The zero-order chi connectivity index (χ0) is 21.3. The molecule has 2 N–H and O–H groups in total. The Balaban J connectivity index is 1.90. The minimum Gasteiger partial charge on any atom is -0.497 e. The van der Waals surface area contributed by atoms with E-state index in [1.54, 1.807) is 14.2 Å². The number of nitriles is 1. The van der Waals surface area contributed by atoms with Crippen molar-refractivity contribution in [1.29, 1.82) is 5.26 Å². The number of allylic oxidation sites excluding steroid dienone is 3. The van der Waals surface area contributed by atoms with Crippen LogP contribution in [0, 0.1) is 11.3 Å². The van der Waals surface area contributed by atoms with E-state index in [1.165, 1.54) is 0 Å². The van der Waals surface area contributed by atoms with Crippen LogP contribution >= 0.6 is 0 Å². The van der Waals surface area contributed by atoms with E-state index in [2.05, 4.69) is 6.07 Å². The number of benzene rings is 2. The van der Waals surface area contributed by atoms with Crippen LogP contribution in [0.2, 0.25) is 0 Å². The lowest BCUT2D eigenvalue weighted by molar-refractivity contribution is -0.116. The molecule has 1 heterocycles. The van der Waals surface area contributed by atoms with Gasteiger partial charge >= 0.3 is 0 Å². The van der Waals surface area contributed by atoms with Crippen molar-refractivity contribution in [2.24, 2.45) is 5.73 Å². The minimum atomic E-state index is -0.474. The minimum absolute atomic E-state index is 0.0656. The average molecular weight is 401 g/mol. The predicted molar refractivity (Wildman–Crippen MR) is 114 cm³/mol. The van der Waals surface area contributed by atoms with E-state index in [1.807, 2.05) is 53.4 Å². The number of Topliss-reactive ketones (excluding diaryl/α,β-unsaturated/α-hetero) is 1. The van der Waals surface area contributed by atoms with E-state index in [-0.39, 0.29) is 5.78 Å². The summed E-state index contributed by atoms with van der Waals surface area (Å²) < 4.78 is 10.5. The first-order valence-corrected chi connectivity index (χ1v) is 9.83. The molecule has 0 saturated carbocycles. The molecule has 2 aliphatic rings. The lowest BCUT2D eigenvalue weighted by Gasteiger charge is -2.39. The van der Waals surface area contributed by atoms with Gasteiger partial charge in [0.15, 0.2) is 5.78 Å². The normalized spacial score (nSPS) is 18.8. The second-order valence-electron chi connectivity index (χ2n) is 7.29. The Kier molecular flexibility index (Phi) is 5.20. The molecule has 0 spiro atoms. The summed E-state index contributed by atoms with van der Waals surface area (Å²) in [5.74, 6) is 1.39. The van der Waals surface area contributed by atoms with Crippen LogP contribution in [0.1, 0.15) is 30.7 Å². The van der Waals surface area contributed by atoms with E-state index < -0.39 is 5.92 Å². The first-order chi connectivity index (χ1) is 14.6. The summed E-state index contributed by atoms with van der Waals surface area (Å²) >= 11 is 0. The third-order valence-electron chi connectivity index (χ3n) is 5.69. The summed E-state index contributed by atoms with van der Waals surface area (Å²) in [4.78, 5) is 14.9. The van der Waals surface area contributed by atoms with Crippen molar-refractivity contribution in [2.45, 2.75) is 25.2 Å². The van der Waals surface area contributed by atoms with Gasteiger partial charge in [0.05, 0.1) is 31.8 Å². The monoisotopic (exact) mass is 401 g/mol. The Hall–Kier alpha value is -3.72. The molecule has 2 aromatic rings. The Morgan fingerprint density at radius 3 is 2.17 bits per heavy atom. The molecule has 6 heteroatoms. The number of nitrogens with zero attached hydrogens (tertiary/aromatic N) is 2. The molecule has 152 valence electrons. The smallest absolute Gasteiger partial charge is 0.161 e. The summed E-state index contributed by atoms with van der Waals surface area (Å²) in [7, 11) is 3.21. The van der Waals surface area contributed by atoms with Gasteiger partial charge in [0.2, 0.25) is 0 Å². The van der Waals surface area contributed by atoms with Crippen molar-refractivity contribution in [3.8, 4) is 17.6 Å².